The molecule has 4 heteroatoms. The van der Waals surface area contributed by atoms with Crippen LogP contribution in [0.4, 0.5) is 0 Å². The SMILES string of the molecule is Cc1cc2ccc3ccccc3c2[cH-]1.Cl.Cl.[CH3-].[CH3-].[Ge]=[Zr].c1ccc(-c2cc3ccc4ccccc4c3[cH-]2)cc1. The summed E-state index contributed by atoms with van der Waals surface area (Å²) in [5.74, 6) is 0. The van der Waals surface area contributed by atoms with Crippen molar-refractivity contribution in [1.29, 1.82) is 0 Å². The zero-order valence-corrected chi connectivity index (χ0v) is 28.6. The van der Waals surface area contributed by atoms with Gasteiger partial charge in [-0.25, -0.2) is 0 Å². The predicted molar refractivity (Wildman–Crippen MR) is 177 cm³/mol. The Morgan fingerprint density at radius 2 is 0.949 bits per heavy atom. The molecule has 0 nitrogen and oxygen atoms in total. The second kappa shape index (κ2) is 16.2. The van der Waals surface area contributed by atoms with Crippen molar-refractivity contribution in [2.24, 2.45) is 0 Å². The molecule has 0 unspecified atom stereocenters. The molecular weight excluding hydrogens is 655 g/mol. The van der Waals surface area contributed by atoms with Crippen molar-refractivity contribution >= 4 is 80.0 Å². The second-order valence-corrected chi connectivity index (χ2v) is 8.72. The van der Waals surface area contributed by atoms with Gasteiger partial charge in [0.25, 0.3) is 0 Å². The summed E-state index contributed by atoms with van der Waals surface area (Å²) in [7, 11) is 0. The smallest absolute Gasteiger partial charge is 0.0520 e. The third-order valence-electron chi connectivity index (χ3n) is 6.48. The maximum absolute atomic E-state index is 2.30. The minimum atomic E-state index is 0. The van der Waals surface area contributed by atoms with Gasteiger partial charge in [-0.1, -0.05) is 131 Å². The Kier molecular flexibility index (Phi) is 14.5. The van der Waals surface area contributed by atoms with E-state index in [0.717, 1.165) is 0 Å². The molecule has 7 rings (SSSR count). The molecule has 0 spiro atoms. The van der Waals surface area contributed by atoms with Crippen LogP contribution >= 0.6 is 24.8 Å². The summed E-state index contributed by atoms with van der Waals surface area (Å²) >= 11 is 3.64. The Balaban J connectivity index is 0.000000345. The molecule has 0 aromatic heterocycles. The van der Waals surface area contributed by atoms with Gasteiger partial charge < -0.3 is 14.9 Å². The maximum Gasteiger partial charge on any atom is -0.0520 e. The molecule has 0 saturated heterocycles. The monoisotopic (exact) mass is 686 g/mol. The molecule has 0 amide bonds. The largest absolute Gasteiger partial charge is 0.145 e. The molecule has 0 heterocycles. The van der Waals surface area contributed by atoms with Crippen LogP contribution in [-0.2, 0) is 21.6 Å². The van der Waals surface area contributed by atoms with Crippen molar-refractivity contribution in [3.05, 3.63) is 148 Å². The molecular formula is C35H32Cl2GeZr-4. The molecule has 198 valence electrons. The number of fused-ring (bicyclic) bond motifs is 6. The van der Waals surface area contributed by atoms with Crippen LogP contribution in [0.5, 0.6) is 0 Å². The summed E-state index contributed by atoms with van der Waals surface area (Å²) in [5.41, 5.74) is 3.92. The molecule has 0 aliphatic rings. The molecule has 0 aliphatic heterocycles. The van der Waals surface area contributed by atoms with E-state index in [2.05, 4.69) is 146 Å². The van der Waals surface area contributed by atoms with Gasteiger partial charge in [0.05, 0.1) is 0 Å². The van der Waals surface area contributed by atoms with Gasteiger partial charge in [-0.05, 0) is 0 Å². The summed E-state index contributed by atoms with van der Waals surface area (Å²) in [5, 5.41) is 10.7. The zero-order valence-electron chi connectivity index (χ0n) is 22.4. The molecule has 0 atom stereocenters. The normalized spacial score (nSPS) is 9.54. The van der Waals surface area contributed by atoms with Crippen LogP contribution in [0.2, 0.25) is 0 Å². The summed E-state index contributed by atoms with van der Waals surface area (Å²) in [6.07, 6.45) is 0. The van der Waals surface area contributed by atoms with Crippen molar-refractivity contribution in [1.82, 2.24) is 0 Å². The fraction of sp³-hybridized carbons (Fsp3) is 0.0286. The van der Waals surface area contributed by atoms with Gasteiger partial charge in [0.1, 0.15) is 0 Å². The van der Waals surface area contributed by atoms with Gasteiger partial charge >= 0.3 is 33.7 Å². The first kappa shape index (κ1) is 34.9. The van der Waals surface area contributed by atoms with Crippen molar-refractivity contribution in [2.75, 3.05) is 0 Å². The van der Waals surface area contributed by atoms with Gasteiger partial charge in [0.2, 0.25) is 0 Å². The van der Waals surface area contributed by atoms with Crippen molar-refractivity contribution < 1.29 is 21.6 Å². The van der Waals surface area contributed by atoms with Crippen LogP contribution in [0.1, 0.15) is 5.56 Å². The van der Waals surface area contributed by atoms with E-state index in [1.165, 1.54) is 59.8 Å². The average Bonchev–Trinajstić information content (AvgIpc) is 3.54. The Bertz CT molecular complexity index is 1750. The van der Waals surface area contributed by atoms with Crippen molar-refractivity contribution in [3.63, 3.8) is 0 Å². The number of aryl methyl sites for hydroxylation is 1. The number of halogens is 2. The molecule has 0 aliphatic carbocycles. The minimum Gasteiger partial charge on any atom is -0.145 e. The van der Waals surface area contributed by atoms with E-state index in [-0.39, 0.29) is 39.7 Å². The topological polar surface area (TPSA) is 0 Å². The number of benzene rings is 5. The fourth-order valence-electron chi connectivity index (χ4n) is 4.88. The van der Waals surface area contributed by atoms with Crippen LogP contribution in [0.15, 0.2) is 127 Å². The Hall–Kier alpha value is -2.15. The third kappa shape index (κ3) is 7.53. The average molecular weight is 687 g/mol. The van der Waals surface area contributed by atoms with E-state index < -0.39 is 0 Å². The van der Waals surface area contributed by atoms with Crippen LogP contribution in [0, 0.1) is 21.8 Å². The molecule has 0 saturated carbocycles. The van der Waals surface area contributed by atoms with Crippen molar-refractivity contribution in [3.8, 4) is 11.1 Å². The van der Waals surface area contributed by atoms with Gasteiger partial charge in [0, 0.05) is 0 Å². The first-order valence-corrected chi connectivity index (χ1v) is 19.1. The Morgan fingerprint density at radius 1 is 0.513 bits per heavy atom. The van der Waals surface area contributed by atoms with E-state index in [1.54, 1.807) is 21.6 Å². The minimum absolute atomic E-state index is 0. The standard InChI is InChI=1S/C19H13.C14H11.2CH3.2ClH.Ge.Zr/c1-2-6-14(7-3-1)17-12-16-11-10-15-8-4-5-9-18(15)19(16)13-17;1-10-8-12-7-6-11-4-2-3-5-13(11)14(12)9-10;;;;;;/h1-13H;2-9H,1H3;2*1H3;2*1H;;/q4*-1;;;;. The van der Waals surface area contributed by atoms with Crippen LogP contribution in [0.3, 0.4) is 0 Å². The van der Waals surface area contributed by atoms with Gasteiger partial charge in [-0.3, -0.25) is 0 Å². The summed E-state index contributed by atoms with van der Waals surface area (Å²) in [6.45, 7) is 2.15. The first-order valence-electron chi connectivity index (χ1n) is 11.7. The van der Waals surface area contributed by atoms with Crippen LogP contribution in [-0.4, -0.2) is 12.1 Å². The molecule has 2 radical (unpaired) electrons. The Morgan fingerprint density at radius 3 is 1.51 bits per heavy atom. The predicted octanol–water partition coefficient (Wildman–Crippen LogP) is 10.8. The molecule has 0 bridgehead atoms. The second-order valence-electron chi connectivity index (χ2n) is 8.72. The quantitative estimate of drug-likeness (QED) is 0.119. The van der Waals surface area contributed by atoms with E-state index >= 15 is 0 Å². The molecule has 39 heavy (non-hydrogen) atoms. The summed E-state index contributed by atoms with van der Waals surface area (Å²) < 4.78 is 0. The molecule has 7 aromatic rings. The van der Waals surface area contributed by atoms with E-state index in [0.29, 0.717) is 0 Å². The number of rotatable bonds is 1. The van der Waals surface area contributed by atoms with E-state index in [1.807, 2.05) is 0 Å². The van der Waals surface area contributed by atoms with Gasteiger partial charge in [-0.15, -0.1) is 81.8 Å². The summed E-state index contributed by atoms with van der Waals surface area (Å²) in [4.78, 5) is 0. The van der Waals surface area contributed by atoms with Crippen LogP contribution < -0.4 is 0 Å². The fourth-order valence-corrected chi connectivity index (χ4v) is 4.88. The van der Waals surface area contributed by atoms with Crippen LogP contribution in [0.25, 0.3) is 54.2 Å². The molecule has 0 fully saturated rings. The molecule has 0 N–H and O–H groups in total. The first-order chi connectivity index (χ1) is 17.3. The summed E-state index contributed by atoms with van der Waals surface area (Å²) in [6, 6.07) is 45.6. The number of hydrogen-bond acceptors (Lipinski definition) is 0. The van der Waals surface area contributed by atoms with E-state index in [4.69, 9.17) is 0 Å². The third-order valence-corrected chi connectivity index (χ3v) is 6.48. The maximum atomic E-state index is 2.30. The zero-order chi connectivity index (χ0) is 24.2. The number of hydrogen-bond donors (Lipinski definition) is 0. The van der Waals surface area contributed by atoms with Crippen molar-refractivity contribution in [2.45, 2.75) is 6.92 Å². The van der Waals surface area contributed by atoms with Gasteiger partial charge in [0.15, 0.2) is 0 Å². The Labute approximate surface area is 265 Å². The van der Waals surface area contributed by atoms with E-state index in [9.17, 15) is 0 Å². The van der Waals surface area contributed by atoms with Gasteiger partial charge in [-0.2, -0.15) is 6.07 Å². The molecule has 7 aromatic carbocycles.